The number of carbonyl (C=O) groups excluding carboxylic acids is 1. The summed E-state index contributed by atoms with van der Waals surface area (Å²) in [6.07, 6.45) is 3.37. The van der Waals surface area contributed by atoms with Crippen LogP contribution in [0.25, 0.3) is 0 Å². The van der Waals surface area contributed by atoms with Crippen molar-refractivity contribution in [1.82, 2.24) is 15.0 Å². The summed E-state index contributed by atoms with van der Waals surface area (Å²) in [6, 6.07) is 5.94. The van der Waals surface area contributed by atoms with Crippen molar-refractivity contribution in [2.75, 3.05) is 23.3 Å². The summed E-state index contributed by atoms with van der Waals surface area (Å²) in [5.41, 5.74) is 7.47. The number of amides is 1. The van der Waals surface area contributed by atoms with Crippen LogP contribution in [0.2, 0.25) is 0 Å². The van der Waals surface area contributed by atoms with Crippen molar-refractivity contribution >= 4 is 17.5 Å². The molecule has 2 aromatic rings. The lowest BCUT2D eigenvalue weighted by Crippen LogP contribution is -2.39. The Hall–Kier alpha value is -2.70. The summed E-state index contributed by atoms with van der Waals surface area (Å²) in [7, 11) is 0. The van der Waals surface area contributed by atoms with Gasteiger partial charge in [-0.3, -0.25) is 4.79 Å². The van der Waals surface area contributed by atoms with Crippen LogP contribution in [-0.2, 0) is 11.3 Å². The number of pyridine rings is 1. The number of nitrogens with two attached hydrogens (primary N) is 1. The Morgan fingerprint density at radius 2 is 2.08 bits per heavy atom. The number of hydrogen-bond acceptors (Lipinski definition) is 6. The van der Waals surface area contributed by atoms with E-state index in [1.807, 2.05) is 26.0 Å². The van der Waals surface area contributed by atoms with Crippen LogP contribution in [0.3, 0.4) is 0 Å². The van der Waals surface area contributed by atoms with Crippen LogP contribution in [0, 0.1) is 19.8 Å². The van der Waals surface area contributed by atoms with Crippen molar-refractivity contribution in [3.63, 3.8) is 0 Å². The number of anilines is 2. The smallest absolute Gasteiger partial charge is 0.220 e. The largest absolute Gasteiger partial charge is 0.369 e. The van der Waals surface area contributed by atoms with Gasteiger partial charge in [-0.05, 0) is 32.8 Å². The molecule has 0 unspecified atom stereocenters. The van der Waals surface area contributed by atoms with Gasteiger partial charge in [0.2, 0.25) is 5.91 Å². The molecular weight excluding hydrogens is 316 g/mol. The summed E-state index contributed by atoms with van der Waals surface area (Å²) in [6.45, 7) is 6.07. The maximum Gasteiger partial charge on any atom is 0.220 e. The van der Waals surface area contributed by atoms with Crippen molar-refractivity contribution in [2.24, 2.45) is 11.7 Å². The minimum Gasteiger partial charge on any atom is -0.369 e. The quantitative estimate of drug-likeness (QED) is 0.861. The highest BCUT2D eigenvalue weighted by Crippen LogP contribution is 2.25. The summed E-state index contributed by atoms with van der Waals surface area (Å²) >= 11 is 0. The molecule has 1 saturated heterocycles. The van der Waals surface area contributed by atoms with Gasteiger partial charge in [0.1, 0.15) is 17.5 Å². The molecule has 0 bridgehead atoms. The van der Waals surface area contributed by atoms with Gasteiger partial charge >= 0.3 is 0 Å². The van der Waals surface area contributed by atoms with E-state index in [9.17, 15) is 4.79 Å². The van der Waals surface area contributed by atoms with E-state index in [1.54, 1.807) is 6.20 Å². The molecule has 1 aliphatic rings. The first-order valence-electron chi connectivity index (χ1n) is 8.57. The van der Waals surface area contributed by atoms with Crippen molar-refractivity contribution in [2.45, 2.75) is 33.2 Å². The molecule has 0 aromatic carbocycles. The summed E-state index contributed by atoms with van der Waals surface area (Å²) in [5.74, 6) is 2.31. The minimum absolute atomic E-state index is 0.0199. The van der Waals surface area contributed by atoms with Gasteiger partial charge < -0.3 is 16.0 Å². The third-order valence-corrected chi connectivity index (χ3v) is 4.49. The molecule has 3 heterocycles. The topological polar surface area (TPSA) is 97.0 Å². The van der Waals surface area contributed by atoms with Gasteiger partial charge in [0.15, 0.2) is 0 Å². The molecule has 1 fully saturated rings. The van der Waals surface area contributed by atoms with Crippen LogP contribution in [0.15, 0.2) is 24.4 Å². The van der Waals surface area contributed by atoms with E-state index in [-0.39, 0.29) is 11.8 Å². The SMILES string of the molecule is Cc1cc(NCc2cccnc2N2CCC(C(N)=O)CC2)nc(C)n1. The molecule has 1 amide bonds. The zero-order valence-corrected chi connectivity index (χ0v) is 14.7. The van der Waals surface area contributed by atoms with Gasteiger partial charge in [-0.25, -0.2) is 15.0 Å². The van der Waals surface area contributed by atoms with Crippen LogP contribution >= 0.6 is 0 Å². The normalized spacial score (nSPS) is 15.2. The Balaban J connectivity index is 1.70. The predicted molar refractivity (Wildman–Crippen MR) is 97.2 cm³/mol. The first-order chi connectivity index (χ1) is 12.0. The van der Waals surface area contributed by atoms with Crippen LogP contribution in [0.5, 0.6) is 0 Å². The highest BCUT2D eigenvalue weighted by molar-refractivity contribution is 5.77. The zero-order valence-electron chi connectivity index (χ0n) is 14.7. The van der Waals surface area contributed by atoms with E-state index in [0.29, 0.717) is 6.54 Å². The van der Waals surface area contributed by atoms with Crippen LogP contribution < -0.4 is 16.0 Å². The Bertz CT molecular complexity index is 735. The van der Waals surface area contributed by atoms with Gasteiger partial charge in [-0.1, -0.05) is 6.07 Å². The first-order valence-corrected chi connectivity index (χ1v) is 8.57. The van der Waals surface area contributed by atoms with Gasteiger partial charge in [-0.2, -0.15) is 0 Å². The third kappa shape index (κ3) is 4.23. The summed E-state index contributed by atoms with van der Waals surface area (Å²) < 4.78 is 0. The highest BCUT2D eigenvalue weighted by Gasteiger charge is 2.24. The summed E-state index contributed by atoms with van der Waals surface area (Å²) in [5, 5.41) is 3.36. The molecule has 3 rings (SSSR count). The summed E-state index contributed by atoms with van der Waals surface area (Å²) in [4.78, 5) is 26.8. The molecule has 1 aliphatic heterocycles. The van der Waals surface area contributed by atoms with Gasteiger partial charge in [0.25, 0.3) is 0 Å². The lowest BCUT2D eigenvalue weighted by Gasteiger charge is -2.32. The van der Waals surface area contributed by atoms with Crippen molar-refractivity contribution in [1.29, 1.82) is 0 Å². The number of aromatic nitrogens is 3. The number of carbonyl (C=O) groups is 1. The van der Waals surface area contributed by atoms with Gasteiger partial charge in [0.05, 0.1) is 0 Å². The Morgan fingerprint density at radius 3 is 2.76 bits per heavy atom. The number of rotatable bonds is 5. The number of hydrogen-bond donors (Lipinski definition) is 2. The number of primary amides is 1. The van der Waals surface area contributed by atoms with Crippen LogP contribution in [0.1, 0.15) is 29.9 Å². The predicted octanol–water partition coefficient (Wildman–Crippen LogP) is 1.80. The standard InChI is InChI=1S/C18H24N6O/c1-12-10-16(23-13(2)22-12)21-11-15-4-3-7-20-18(15)24-8-5-14(6-9-24)17(19)25/h3-4,7,10,14H,5-6,8-9,11H2,1-2H3,(H2,19,25)(H,21,22,23). The average molecular weight is 340 g/mol. The molecule has 2 aromatic heterocycles. The average Bonchev–Trinajstić information content (AvgIpc) is 2.59. The Kier molecular flexibility index (Phi) is 5.11. The third-order valence-electron chi connectivity index (χ3n) is 4.49. The van der Waals surface area contributed by atoms with Gasteiger partial charge in [-0.15, -0.1) is 0 Å². The maximum atomic E-state index is 11.3. The van der Waals surface area contributed by atoms with E-state index in [1.165, 1.54) is 0 Å². The second-order valence-electron chi connectivity index (χ2n) is 6.45. The number of nitrogens with one attached hydrogen (secondary N) is 1. The fraction of sp³-hybridized carbons (Fsp3) is 0.444. The molecule has 0 atom stereocenters. The van der Waals surface area contributed by atoms with E-state index in [0.717, 1.165) is 54.6 Å². The van der Waals surface area contributed by atoms with Crippen LogP contribution in [-0.4, -0.2) is 33.9 Å². The molecule has 0 spiro atoms. The lowest BCUT2D eigenvalue weighted by molar-refractivity contribution is -0.122. The Labute approximate surface area is 147 Å². The monoisotopic (exact) mass is 340 g/mol. The van der Waals surface area contributed by atoms with Crippen molar-refractivity contribution in [3.05, 3.63) is 41.5 Å². The van der Waals surface area contributed by atoms with E-state index in [2.05, 4.69) is 31.2 Å². The molecule has 3 N–H and O–H groups in total. The molecule has 7 nitrogen and oxygen atoms in total. The molecule has 0 radical (unpaired) electrons. The zero-order chi connectivity index (χ0) is 17.8. The number of piperidine rings is 1. The molecule has 25 heavy (non-hydrogen) atoms. The highest BCUT2D eigenvalue weighted by atomic mass is 16.1. The minimum atomic E-state index is -0.197. The number of nitrogens with zero attached hydrogens (tertiary/aromatic N) is 4. The Morgan fingerprint density at radius 1 is 1.32 bits per heavy atom. The van der Waals surface area contributed by atoms with E-state index < -0.39 is 0 Å². The molecule has 0 saturated carbocycles. The molecular formula is C18H24N6O. The fourth-order valence-electron chi connectivity index (χ4n) is 3.22. The van der Waals surface area contributed by atoms with Crippen molar-refractivity contribution < 1.29 is 4.79 Å². The second-order valence-corrected chi connectivity index (χ2v) is 6.45. The molecule has 7 heteroatoms. The second kappa shape index (κ2) is 7.46. The first kappa shape index (κ1) is 17.1. The number of aryl methyl sites for hydroxylation is 2. The van der Waals surface area contributed by atoms with E-state index >= 15 is 0 Å². The molecule has 132 valence electrons. The molecule has 0 aliphatic carbocycles. The van der Waals surface area contributed by atoms with Crippen molar-refractivity contribution in [3.8, 4) is 0 Å². The fourth-order valence-corrected chi connectivity index (χ4v) is 3.22. The van der Waals surface area contributed by atoms with E-state index in [4.69, 9.17) is 5.73 Å². The maximum absolute atomic E-state index is 11.3. The lowest BCUT2D eigenvalue weighted by atomic mass is 9.96. The van der Waals surface area contributed by atoms with Crippen LogP contribution in [0.4, 0.5) is 11.6 Å². The van der Waals surface area contributed by atoms with Gasteiger partial charge in [0, 0.05) is 49.1 Å².